The minimum Gasteiger partial charge on any atom is -0.290 e. The quantitative estimate of drug-likeness (QED) is 0.632. The van der Waals surface area contributed by atoms with Crippen molar-refractivity contribution < 1.29 is 9.59 Å². The Kier molecular flexibility index (Phi) is 3.69. The van der Waals surface area contributed by atoms with Crippen molar-refractivity contribution in [2.24, 2.45) is 5.92 Å². The molecule has 86 valence electrons. The fraction of sp³-hybridized carbons (Fsp3) is 0.143. The van der Waals surface area contributed by atoms with Gasteiger partial charge in [0, 0.05) is 16.0 Å². The van der Waals surface area contributed by atoms with Gasteiger partial charge in [0.25, 0.3) is 0 Å². The van der Waals surface area contributed by atoms with Gasteiger partial charge in [-0.05, 0) is 30.7 Å². The number of halogens is 1. The number of allylic oxidation sites excluding steroid dienone is 4. The lowest BCUT2D eigenvalue weighted by molar-refractivity contribution is -0.117. The van der Waals surface area contributed by atoms with Crippen LogP contribution in [0.5, 0.6) is 0 Å². The van der Waals surface area contributed by atoms with Crippen molar-refractivity contribution in [3.8, 4) is 0 Å². The molecule has 0 spiro atoms. The van der Waals surface area contributed by atoms with E-state index in [9.17, 15) is 9.59 Å². The molecule has 1 aliphatic carbocycles. The van der Waals surface area contributed by atoms with Gasteiger partial charge < -0.3 is 0 Å². The molecule has 3 heteroatoms. The van der Waals surface area contributed by atoms with Crippen LogP contribution in [0.15, 0.2) is 53.0 Å². The van der Waals surface area contributed by atoms with Crippen LogP contribution < -0.4 is 0 Å². The zero-order valence-corrected chi connectivity index (χ0v) is 10.7. The standard InChI is InChI=1S/C14H11BrO2/c15-12-8-6-11(7-9-12)14(17)13(16)10-4-2-1-3-5-10/h1-4,6-10H,5H2. The van der Waals surface area contributed by atoms with E-state index in [0.717, 1.165) is 4.47 Å². The summed E-state index contributed by atoms with van der Waals surface area (Å²) in [5.41, 5.74) is 0.446. The first-order chi connectivity index (χ1) is 8.18. The maximum Gasteiger partial charge on any atom is 0.229 e. The van der Waals surface area contributed by atoms with Gasteiger partial charge in [0.2, 0.25) is 11.6 Å². The first kappa shape index (κ1) is 12.0. The summed E-state index contributed by atoms with van der Waals surface area (Å²) in [7, 11) is 0. The van der Waals surface area contributed by atoms with Gasteiger partial charge in [0.15, 0.2) is 0 Å². The van der Waals surface area contributed by atoms with Gasteiger partial charge in [-0.25, -0.2) is 0 Å². The fourth-order valence-corrected chi connectivity index (χ4v) is 1.95. The fourth-order valence-electron chi connectivity index (χ4n) is 1.69. The summed E-state index contributed by atoms with van der Waals surface area (Å²) >= 11 is 3.29. The van der Waals surface area contributed by atoms with E-state index in [1.165, 1.54) is 0 Å². The number of carbonyl (C=O) groups is 2. The monoisotopic (exact) mass is 290 g/mol. The van der Waals surface area contributed by atoms with Gasteiger partial charge in [-0.15, -0.1) is 0 Å². The highest BCUT2D eigenvalue weighted by molar-refractivity contribution is 9.10. The molecule has 1 aromatic rings. The van der Waals surface area contributed by atoms with Crippen molar-refractivity contribution in [2.45, 2.75) is 6.42 Å². The van der Waals surface area contributed by atoms with Gasteiger partial charge in [0.05, 0.1) is 0 Å². The molecule has 0 saturated carbocycles. The highest BCUT2D eigenvalue weighted by atomic mass is 79.9. The van der Waals surface area contributed by atoms with E-state index in [0.29, 0.717) is 12.0 Å². The zero-order valence-electron chi connectivity index (χ0n) is 9.10. The second kappa shape index (κ2) is 5.23. The molecule has 0 amide bonds. The molecule has 1 unspecified atom stereocenters. The van der Waals surface area contributed by atoms with E-state index in [1.54, 1.807) is 36.4 Å². The van der Waals surface area contributed by atoms with Crippen LogP contribution in [0.2, 0.25) is 0 Å². The van der Waals surface area contributed by atoms with E-state index >= 15 is 0 Å². The minimum absolute atomic E-state index is 0.309. The molecule has 1 aromatic carbocycles. The van der Waals surface area contributed by atoms with Crippen molar-refractivity contribution in [3.05, 3.63) is 58.6 Å². The van der Waals surface area contributed by atoms with Crippen LogP contribution >= 0.6 is 15.9 Å². The smallest absolute Gasteiger partial charge is 0.229 e. The van der Waals surface area contributed by atoms with Crippen molar-refractivity contribution >= 4 is 27.5 Å². The maximum absolute atomic E-state index is 11.9. The summed E-state index contributed by atoms with van der Waals surface area (Å²) in [6.07, 6.45) is 7.98. The number of carbonyl (C=O) groups excluding carboxylic acids is 2. The number of ketones is 2. The van der Waals surface area contributed by atoms with Crippen LogP contribution in [0, 0.1) is 5.92 Å². The van der Waals surface area contributed by atoms with Gasteiger partial charge in [-0.2, -0.15) is 0 Å². The maximum atomic E-state index is 11.9. The van der Waals surface area contributed by atoms with Gasteiger partial charge >= 0.3 is 0 Å². The minimum atomic E-state index is -0.414. The number of hydrogen-bond acceptors (Lipinski definition) is 2. The van der Waals surface area contributed by atoms with E-state index in [4.69, 9.17) is 0 Å². The summed E-state index contributed by atoms with van der Waals surface area (Å²) in [5, 5.41) is 0. The highest BCUT2D eigenvalue weighted by Gasteiger charge is 2.23. The van der Waals surface area contributed by atoms with E-state index < -0.39 is 5.78 Å². The lowest BCUT2D eigenvalue weighted by Gasteiger charge is -2.10. The molecule has 0 heterocycles. The molecule has 1 aliphatic rings. The van der Waals surface area contributed by atoms with Crippen molar-refractivity contribution in [2.75, 3.05) is 0 Å². The van der Waals surface area contributed by atoms with Crippen LogP contribution in [0.1, 0.15) is 16.8 Å². The third-order valence-corrected chi connectivity index (χ3v) is 3.18. The Bertz CT molecular complexity index is 497. The van der Waals surface area contributed by atoms with Crippen LogP contribution in [0.4, 0.5) is 0 Å². The summed E-state index contributed by atoms with van der Waals surface area (Å²) < 4.78 is 0.891. The Morgan fingerprint density at radius 2 is 1.82 bits per heavy atom. The van der Waals surface area contributed by atoms with Gasteiger partial charge in [-0.1, -0.05) is 40.2 Å². The molecule has 0 saturated heterocycles. The van der Waals surface area contributed by atoms with Crippen molar-refractivity contribution in [1.29, 1.82) is 0 Å². The van der Waals surface area contributed by atoms with E-state index in [1.807, 2.05) is 12.2 Å². The average molecular weight is 291 g/mol. The topological polar surface area (TPSA) is 34.1 Å². The number of hydrogen-bond donors (Lipinski definition) is 0. The largest absolute Gasteiger partial charge is 0.290 e. The molecule has 0 fully saturated rings. The number of benzene rings is 1. The molecular formula is C14H11BrO2. The van der Waals surface area contributed by atoms with E-state index in [-0.39, 0.29) is 11.7 Å². The molecule has 17 heavy (non-hydrogen) atoms. The summed E-state index contributed by atoms with van der Waals surface area (Å²) in [5.74, 6) is -1.06. The second-order valence-electron chi connectivity index (χ2n) is 3.86. The lowest BCUT2D eigenvalue weighted by atomic mass is 9.91. The summed E-state index contributed by atoms with van der Waals surface area (Å²) in [6.45, 7) is 0. The molecular weight excluding hydrogens is 280 g/mol. The SMILES string of the molecule is O=C(C(=O)C1C=CC=CC1)c1ccc(Br)cc1. The predicted molar refractivity (Wildman–Crippen MR) is 69.9 cm³/mol. The van der Waals surface area contributed by atoms with Gasteiger partial charge in [0.1, 0.15) is 0 Å². The Hall–Kier alpha value is -1.48. The Labute approximate surface area is 108 Å². The summed E-state index contributed by atoms with van der Waals surface area (Å²) in [4.78, 5) is 23.9. The second-order valence-corrected chi connectivity index (χ2v) is 4.77. The molecule has 2 nitrogen and oxygen atoms in total. The zero-order chi connectivity index (χ0) is 12.3. The van der Waals surface area contributed by atoms with Crippen molar-refractivity contribution in [1.82, 2.24) is 0 Å². The molecule has 2 rings (SSSR count). The first-order valence-corrected chi connectivity index (χ1v) is 6.15. The number of rotatable bonds is 3. The van der Waals surface area contributed by atoms with Crippen molar-refractivity contribution in [3.63, 3.8) is 0 Å². The first-order valence-electron chi connectivity index (χ1n) is 5.36. The van der Waals surface area contributed by atoms with Crippen LogP contribution in [-0.2, 0) is 4.79 Å². The molecule has 0 aromatic heterocycles. The normalized spacial score (nSPS) is 18.1. The van der Waals surface area contributed by atoms with Crippen LogP contribution in [-0.4, -0.2) is 11.6 Å². The average Bonchev–Trinajstić information content (AvgIpc) is 2.39. The molecule has 1 atom stereocenters. The Balaban J connectivity index is 2.14. The molecule has 0 aliphatic heterocycles. The Morgan fingerprint density at radius 3 is 2.41 bits per heavy atom. The Morgan fingerprint density at radius 1 is 1.12 bits per heavy atom. The third-order valence-electron chi connectivity index (χ3n) is 2.65. The number of Topliss-reactive ketones (excluding diaryl/α,β-unsaturated/α-hetero) is 2. The van der Waals surface area contributed by atoms with E-state index in [2.05, 4.69) is 15.9 Å². The molecule has 0 bridgehead atoms. The molecule has 0 radical (unpaired) electrons. The summed E-state index contributed by atoms with van der Waals surface area (Å²) in [6, 6.07) is 6.84. The van der Waals surface area contributed by atoms with Crippen LogP contribution in [0.3, 0.4) is 0 Å². The van der Waals surface area contributed by atoms with Gasteiger partial charge in [-0.3, -0.25) is 9.59 Å². The molecule has 0 N–H and O–H groups in total. The third kappa shape index (κ3) is 2.80. The predicted octanol–water partition coefficient (Wildman–Crippen LogP) is 3.33. The highest BCUT2D eigenvalue weighted by Crippen LogP contribution is 2.17. The van der Waals surface area contributed by atoms with Crippen LogP contribution in [0.25, 0.3) is 0 Å². The lowest BCUT2D eigenvalue weighted by Crippen LogP contribution is -2.22.